The Morgan fingerprint density at radius 2 is 2.00 bits per heavy atom. The van der Waals surface area contributed by atoms with Gasteiger partial charge in [-0.1, -0.05) is 23.4 Å². The molecule has 2 rings (SSSR count). The topological polar surface area (TPSA) is 31.0 Å². The van der Waals surface area contributed by atoms with Crippen LogP contribution < -0.4 is 0 Å². The van der Waals surface area contributed by atoms with Gasteiger partial charge in [0, 0.05) is 0 Å². The molecule has 0 radical (unpaired) electrons. The third-order valence-electron chi connectivity index (χ3n) is 1.78. The Kier molecular flexibility index (Phi) is 1.98. The van der Waals surface area contributed by atoms with Crippen molar-refractivity contribution in [3.63, 3.8) is 0 Å². The van der Waals surface area contributed by atoms with Crippen LogP contribution in [-0.4, -0.2) is 9.72 Å². The zero-order chi connectivity index (χ0) is 9.26. The minimum Gasteiger partial charge on any atom is -0.324 e. The summed E-state index contributed by atoms with van der Waals surface area (Å²) in [6, 6.07) is 9.77. The highest BCUT2D eigenvalue weighted by Crippen LogP contribution is 2.10. The van der Waals surface area contributed by atoms with E-state index in [1.165, 1.54) is 0 Å². The first-order valence-electron chi connectivity index (χ1n) is 3.90. The van der Waals surface area contributed by atoms with Gasteiger partial charge in [0.25, 0.3) is 0 Å². The molecule has 0 unspecified atom stereocenters. The molecule has 4 heteroatoms. The molecular weight excluding hydrogens is 184 g/mol. The van der Waals surface area contributed by atoms with Gasteiger partial charge in [-0.15, -0.1) is 0 Å². The number of hydrogen-bond donors (Lipinski definition) is 0. The fourth-order valence-electron chi connectivity index (χ4n) is 1.19. The van der Waals surface area contributed by atoms with Crippen molar-refractivity contribution in [2.75, 3.05) is 0 Å². The van der Waals surface area contributed by atoms with Crippen LogP contribution in [-0.2, 0) is 0 Å². The van der Waals surface area contributed by atoms with Gasteiger partial charge in [0.15, 0.2) is 5.82 Å². The Morgan fingerprint density at radius 3 is 2.54 bits per heavy atom. The van der Waals surface area contributed by atoms with Gasteiger partial charge in [0.05, 0.1) is 5.69 Å². The number of nitrogens with zero attached hydrogens (tertiary/aromatic N) is 2. The fraction of sp³-hybridized carbons (Fsp3) is 0.111. The van der Waals surface area contributed by atoms with E-state index in [0.29, 0.717) is 4.84 Å². The van der Waals surface area contributed by atoms with Crippen LogP contribution in [0.5, 0.6) is 0 Å². The van der Waals surface area contributed by atoms with Crippen molar-refractivity contribution >= 4 is 12.2 Å². The van der Waals surface area contributed by atoms with E-state index in [2.05, 4.69) is 5.16 Å². The van der Waals surface area contributed by atoms with Crippen molar-refractivity contribution in [2.24, 2.45) is 0 Å². The molecule has 0 N–H and O–H groups in total. The smallest absolute Gasteiger partial charge is 0.302 e. The zero-order valence-corrected chi connectivity index (χ0v) is 7.91. The molecule has 0 aliphatic heterocycles. The summed E-state index contributed by atoms with van der Waals surface area (Å²) >= 11 is 4.99. The first-order valence-corrected chi connectivity index (χ1v) is 4.30. The highest BCUT2D eigenvalue weighted by Gasteiger charge is 2.03. The third-order valence-corrected chi connectivity index (χ3v) is 2.03. The summed E-state index contributed by atoms with van der Waals surface area (Å²) < 4.78 is 6.66. The number of para-hydroxylation sites is 1. The Hall–Kier alpha value is -1.42. The molecule has 0 atom stereocenters. The van der Waals surface area contributed by atoms with E-state index in [9.17, 15) is 0 Å². The van der Waals surface area contributed by atoms with Crippen LogP contribution in [0.1, 0.15) is 5.82 Å². The van der Waals surface area contributed by atoms with Crippen molar-refractivity contribution in [3.8, 4) is 5.69 Å². The number of hydrogen-bond acceptors (Lipinski definition) is 3. The molecule has 0 aliphatic rings. The van der Waals surface area contributed by atoms with Crippen LogP contribution in [0.15, 0.2) is 34.9 Å². The molecule has 13 heavy (non-hydrogen) atoms. The molecule has 1 heterocycles. The number of benzene rings is 1. The van der Waals surface area contributed by atoms with Gasteiger partial charge in [0.1, 0.15) is 0 Å². The van der Waals surface area contributed by atoms with Crippen molar-refractivity contribution < 1.29 is 4.52 Å². The molecule has 0 bridgehead atoms. The van der Waals surface area contributed by atoms with Gasteiger partial charge in [-0.25, -0.2) is 0 Å². The normalized spacial score (nSPS) is 10.2. The molecule has 0 spiro atoms. The minimum atomic E-state index is 0.378. The van der Waals surface area contributed by atoms with Crippen LogP contribution in [0.25, 0.3) is 5.69 Å². The monoisotopic (exact) mass is 192 g/mol. The number of aryl methyl sites for hydroxylation is 1. The summed E-state index contributed by atoms with van der Waals surface area (Å²) in [4.78, 5) is 0.378. The number of rotatable bonds is 1. The third kappa shape index (κ3) is 1.40. The molecule has 0 saturated carbocycles. The summed E-state index contributed by atoms with van der Waals surface area (Å²) in [6.45, 7) is 1.85. The van der Waals surface area contributed by atoms with Gasteiger partial charge in [-0.05, 0) is 31.3 Å². The zero-order valence-electron chi connectivity index (χ0n) is 7.10. The first-order chi connectivity index (χ1) is 6.29. The predicted octanol–water partition coefficient (Wildman–Crippen LogP) is 2.50. The molecule has 1 aromatic heterocycles. The van der Waals surface area contributed by atoms with E-state index in [0.717, 1.165) is 11.5 Å². The molecular formula is C9H8N2OS. The second-order valence-corrected chi connectivity index (χ2v) is 3.02. The van der Waals surface area contributed by atoms with Crippen LogP contribution in [0.3, 0.4) is 0 Å². The average molecular weight is 192 g/mol. The molecule has 0 aliphatic carbocycles. The summed E-state index contributed by atoms with van der Waals surface area (Å²) in [6.07, 6.45) is 0. The molecule has 0 saturated heterocycles. The quantitative estimate of drug-likeness (QED) is 0.650. The Morgan fingerprint density at radius 1 is 1.31 bits per heavy atom. The average Bonchev–Trinajstić information content (AvgIpc) is 2.48. The van der Waals surface area contributed by atoms with E-state index >= 15 is 0 Å². The maximum atomic E-state index is 4.99. The van der Waals surface area contributed by atoms with E-state index in [1.54, 1.807) is 4.57 Å². The molecule has 1 aromatic carbocycles. The van der Waals surface area contributed by atoms with Gasteiger partial charge in [-0.2, -0.15) is 0 Å². The SMILES string of the molecule is Cc1noc(=S)n1-c1ccccc1. The lowest BCUT2D eigenvalue weighted by molar-refractivity contribution is 0.398. The highest BCUT2D eigenvalue weighted by molar-refractivity contribution is 7.71. The maximum Gasteiger partial charge on any atom is 0.302 e. The van der Waals surface area contributed by atoms with Crippen LogP contribution in [0.4, 0.5) is 0 Å². The van der Waals surface area contributed by atoms with Gasteiger partial charge < -0.3 is 4.52 Å². The predicted molar refractivity (Wildman–Crippen MR) is 51.4 cm³/mol. The van der Waals surface area contributed by atoms with E-state index in [4.69, 9.17) is 16.7 Å². The molecule has 2 aromatic rings. The lowest BCUT2D eigenvalue weighted by atomic mass is 10.3. The van der Waals surface area contributed by atoms with Crippen molar-refractivity contribution in [3.05, 3.63) is 41.0 Å². The van der Waals surface area contributed by atoms with Crippen LogP contribution >= 0.6 is 12.2 Å². The Bertz CT molecular complexity index is 458. The standard InChI is InChI=1S/C9H8N2OS/c1-7-10-12-9(13)11(7)8-5-3-2-4-6-8/h2-6H,1H3. The van der Waals surface area contributed by atoms with Crippen LogP contribution in [0, 0.1) is 11.8 Å². The maximum absolute atomic E-state index is 4.99. The van der Waals surface area contributed by atoms with E-state index in [1.807, 2.05) is 37.3 Å². The van der Waals surface area contributed by atoms with Gasteiger partial charge >= 0.3 is 4.84 Å². The number of aromatic nitrogens is 2. The van der Waals surface area contributed by atoms with Gasteiger partial charge in [0.2, 0.25) is 0 Å². The molecule has 0 fully saturated rings. The minimum absolute atomic E-state index is 0.378. The summed E-state index contributed by atoms with van der Waals surface area (Å²) in [7, 11) is 0. The fourth-order valence-corrected chi connectivity index (χ4v) is 1.46. The van der Waals surface area contributed by atoms with Gasteiger partial charge in [-0.3, -0.25) is 4.57 Å². The summed E-state index contributed by atoms with van der Waals surface area (Å²) in [5, 5.41) is 3.78. The summed E-state index contributed by atoms with van der Waals surface area (Å²) in [5.74, 6) is 0.760. The summed E-state index contributed by atoms with van der Waals surface area (Å²) in [5.41, 5.74) is 0.978. The second-order valence-electron chi connectivity index (χ2n) is 2.67. The van der Waals surface area contributed by atoms with Crippen molar-refractivity contribution in [1.82, 2.24) is 9.72 Å². The van der Waals surface area contributed by atoms with Crippen LogP contribution in [0.2, 0.25) is 0 Å². The molecule has 3 nitrogen and oxygen atoms in total. The Labute approximate surface area is 80.6 Å². The Balaban J connectivity index is 2.65. The van der Waals surface area contributed by atoms with Crippen molar-refractivity contribution in [2.45, 2.75) is 6.92 Å². The van der Waals surface area contributed by atoms with E-state index in [-0.39, 0.29) is 0 Å². The lowest BCUT2D eigenvalue weighted by Crippen LogP contribution is -1.95. The largest absolute Gasteiger partial charge is 0.324 e. The first kappa shape index (κ1) is 8.19. The molecule has 0 amide bonds. The lowest BCUT2D eigenvalue weighted by Gasteiger charge is -2.00. The second kappa shape index (κ2) is 3.14. The van der Waals surface area contributed by atoms with Crippen molar-refractivity contribution in [1.29, 1.82) is 0 Å². The molecule has 66 valence electrons. The van der Waals surface area contributed by atoms with E-state index < -0.39 is 0 Å². The highest BCUT2D eigenvalue weighted by atomic mass is 32.1.